The number of aliphatic hydroxyl groups excluding tert-OH is 1. The molecule has 2 aromatic rings. The topological polar surface area (TPSA) is 73.1 Å². The SMILES string of the molecule is COc1ncnc2c1ncn2C(O)C1CCC(C)CC1. The third-order valence-electron chi connectivity index (χ3n) is 4.29. The highest BCUT2D eigenvalue weighted by Gasteiger charge is 2.27. The predicted molar refractivity (Wildman–Crippen MR) is 74.3 cm³/mol. The van der Waals surface area contributed by atoms with Crippen molar-refractivity contribution in [2.24, 2.45) is 11.8 Å². The zero-order valence-electron chi connectivity index (χ0n) is 11.9. The lowest BCUT2D eigenvalue weighted by Crippen LogP contribution is -2.23. The maximum absolute atomic E-state index is 10.6. The zero-order chi connectivity index (χ0) is 14.1. The molecule has 0 radical (unpaired) electrons. The van der Waals surface area contributed by atoms with Gasteiger partial charge in [-0.05, 0) is 18.8 Å². The standard InChI is InChI=1S/C14H20N4O2/c1-9-3-5-10(6-4-9)14(19)18-8-17-11-12(18)15-7-16-13(11)20-2/h7-10,14,19H,3-6H2,1-2H3. The maximum atomic E-state index is 10.6. The summed E-state index contributed by atoms with van der Waals surface area (Å²) >= 11 is 0. The number of rotatable bonds is 3. The molecular weight excluding hydrogens is 256 g/mol. The normalized spacial score (nSPS) is 24.8. The molecule has 1 aliphatic carbocycles. The Labute approximate surface area is 117 Å². The lowest BCUT2D eigenvalue weighted by molar-refractivity contribution is 0.0200. The number of hydrogen-bond donors (Lipinski definition) is 1. The summed E-state index contributed by atoms with van der Waals surface area (Å²) in [5, 5.41) is 10.6. The molecular formula is C14H20N4O2. The van der Waals surface area contributed by atoms with E-state index >= 15 is 0 Å². The minimum atomic E-state index is -0.577. The van der Waals surface area contributed by atoms with E-state index in [0.717, 1.165) is 18.8 Å². The van der Waals surface area contributed by atoms with Crippen molar-refractivity contribution in [3.63, 3.8) is 0 Å². The molecule has 6 heteroatoms. The molecule has 108 valence electrons. The van der Waals surface area contributed by atoms with Crippen molar-refractivity contribution in [2.75, 3.05) is 7.11 Å². The van der Waals surface area contributed by atoms with Gasteiger partial charge in [0.2, 0.25) is 5.88 Å². The Balaban J connectivity index is 1.90. The summed E-state index contributed by atoms with van der Waals surface area (Å²) < 4.78 is 6.91. The fourth-order valence-electron chi connectivity index (χ4n) is 2.98. The van der Waals surface area contributed by atoms with Gasteiger partial charge < -0.3 is 9.84 Å². The first-order valence-electron chi connectivity index (χ1n) is 7.10. The second-order valence-electron chi connectivity index (χ2n) is 5.64. The molecule has 0 aromatic carbocycles. The van der Waals surface area contributed by atoms with Crippen LogP contribution in [0.2, 0.25) is 0 Å². The minimum Gasteiger partial charge on any atom is -0.479 e. The predicted octanol–water partition coefficient (Wildman–Crippen LogP) is 2.15. The molecule has 0 aliphatic heterocycles. The summed E-state index contributed by atoms with van der Waals surface area (Å²) in [7, 11) is 1.56. The van der Waals surface area contributed by atoms with Crippen LogP contribution in [-0.2, 0) is 0 Å². The van der Waals surface area contributed by atoms with Crippen molar-refractivity contribution < 1.29 is 9.84 Å². The van der Waals surface area contributed by atoms with Crippen LogP contribution in [0.4, 0.5) is 0 Å². The van der Waals surface area contributed by atoms with Crippen molar-refractivity contribution in [2.45, 2.75) is 38.8 Å². The van der Waals surface area contributed by atoms with Crippen LogP contribution in [0.25, 0.3) is 11.2 Å². The van der Waals surface area contributed by atoms with Gasteiger partial charge in [-0.1, -0.05) is 19.8 Å². The fourth-order valence-corrected chi connectivity index (χ4v) is 2.98. The summed E-state index contributed by atoms with van der Waals surface area (Å²) in [6, 6.07) is 0. The van der Waals surface area contributed by atoms with E-state index in [1.54, 1.807) is 18.0 Å². The quantitative estimate of drug-likeness (QED) is 0.930. The van der Waals surface area contributed by atoms with Crippen molar-refractivity contribution in [1.29, 1.82) is 0 Å². The number of aromatic nitrogens is 4. The number of methoxy groups -OCH3 is 1. The molecule has 0 bridgehead atoms. The first-order valence-corrected chi connectivity index (χ1v) is 7.10. The molecule has 1 fully saturated rings. The van der Waals surface area contributed by atoms with E-state index in [1.165, 1.54) is 19.2 Å². The van der Waals surface area contributed by atoms with Gasteiger partial charge >= 0.3 is 0 Å². The zero-order valence-corrected chi connectivity index (χ0v) is 11.9. The van der Waals surface area contributed by atoms with Crippen LogP contribution in [0.3, 0.4) is 0 Å². The largest absolute Gasteiger partial charge is 0.479 e. The van der Waals surface area contributed by atoms with E-state index in [1.807, 2.05) is 0 Å². The lowest BCUT2D eigenvalue weighted by atomic mass is 9.82. The highest BCUT2D eigenvalue weighted by molar-refractivity contribution is 5.75. The average Bonchev–Trinajstić information content (AvgIpc) is 2.91. The second-order valence-corrected chi connectivity index (χ2v) is 5.64. The van der Waals surface area contributed by atoms with E-state index in [0.29, 0.717) is 17.0 Å². The third kappa shape index (κ3) is 2.24. The van der Waals surface area contributed by atoms with Crippen molar-refractivity contribution in [3.8, 4) is 5.88 Å². The first-order chi connectivity index (χ1) is 9.70. The minimum absolute atomic E-state index is 0.268. The highest BCUT2D eigenvalue weighted by Crippen LogP contribution is 2.35. The summed E-state index contributed by atoms with van der Waals surface area (Å²) in [6.45, 7) is 2.27. The Morgan fingerprint density at radius 3 is 2.70 bits per heavy atom. The molecule has 1 N–H and O–H groups in total. The third-order valence-corrected chi connectivity index (χ3v) is 4.29. The first kappa shape index (κ1) is 13.3. The van der Waals surface area contributed by atoms with Crippen LogP contribution >= 0.6 is 0 Å². The fraction of sp³-hybridized carbons (Fsp3) is 0.643. The van der Waals surface area contributed by atoms with Crippen LogP contribution in [0.15, 0.2) is 12.7 Å². The Kier molecular flexibility index (Phi) is 3.56. The number of aliphatic hydroxyl groups is 1. The van der Waals surface area contributed by atoms with Gasteiger partial charge in [-0.15, -0.1) is 0 Å². The molecule has 1 aliphatic rings. The van der Waals surface area contributed by atoms with E-state index < -0.39 is 6.23 Å². The summed E-state index contributed by atoms with van der Waals surface area (Å²) in [5.74, 6) is 1.48. The molecule has 3 rings (SSSR count). The highest BCUT2D eigenvalue weighted by atomic mass is 16.5. The lowest BCUT2D eigenvalue weighted by Gasteiger charge is -2.30. The van der Waals surface area contributed by atoms with Gasteiger partial charge in [0.25, 0.3) is 0 Å². The molecule has 0 spiro atoms. The molecule has 6 nitrogen and oxygen atoms in total. The van der Waals surface area contributed by atoms with E-state index in [4.69, 9.17) is 4.74 Å². The van der Waals surface area contributed by atoms with Crippen molar-refractivity contribution in [1.82, 2.24) is 19.5 Å². The van der Waals surface area contributed by atoms with E-state index in [2.05, 4.69) is 21.9 Å². The van der Waals surface area contributed by atoms with Crippen LogP contribution in [0, 0.1) is 11.8 Å². The van der Waals surface area contributed by atoms with Gasteiger partial charge in [0.15, 0.2) is 11.2 Å². The molecule has 1 atom stereocenters. The Hall–Kier alpha value is -1.69. The molecule has 20 heavy (non-hydrogen) atoms. The summed E-state index contributed by atoms with van der Waals surface area (Å²) in [5.41, 5.74) is 1.22. The molecule has 0 saturated heterocycles. The van der Waals surface area contributed by atoms with Crippen LogP contribution in [0.1, 0.15) is 38.8 Å². The monoisotopic (exact) mass is 276 g/mol. The maximum Gasteiger partial charge on any atom is 0.245 e. The van der Waals surface area contributed by atoms with Crippen LogP contribution in [0.5, 0.6) is 5.88 Å². The van der Waals surface area contributed by atoms with Crippen LogP contribution in [-0.4, -0.2) is 31.7 Å². The second kappa shape index (κ2) is 5.36. The number of hydrogen-bond acceptors (Lipinski definition) is 5. The van der Waals surface area contributed by atoms with E-state index in [-0.39, 0.29) is 5.92 Å². The summed E-state index contributed by atoms with van der Waals surface area (Å²) in [6.07, 6.45) is 6.93. The van der Waals surface area contributed by atoms with Crippen molar-refractivity contribution in [3.05, 3.63) is 12.7 Å². The number of nitrogens with zero attached hydrogens (tertiary/aromatic N) is 4. The number of imidazole rings is 1. The van der Waals surface area contributed by atoms with Gasteiger partial charge in [0.05, 0.1) is 13.4 Å². The van der Waals surface area contributed by atoms with Crippen molar-refractivity contribution >= 4 is 11.2 Å². The Morgan fingerprint density at radius 1 is 1.25 bits per heavy atom. The van der Waals surface area contributed by atoms with Gasteiger partial charge in [0.1, 0.15) is 12.6 Å². The van der Waals surface area contributed by atoms with Gasteiger partial charge in [-0.3, -0.25) is 4.57 Å². The van der Waals surface area contributed by atoms with Crippen LogP contribution < -0.4 is 4.74 Å². The van der Waals surface area contributed by atoms with Gasteiger partial charge in [-0.2, -0.15) is 4.98 Å². The average molecular weight is 276 g/mol. The molecule has 1 unspecified atom stereocenters. The molecule has 0 amide bonds. The van der Waals surface area contributed by atoms with Gasteiger partial charge in [0, 0.05) is 5.92 Å². The summed E-state index contributed by atoms with van der Waals surface area (Å²) in [4.78, 5) is 12.5. The number of fused-ring (bicyclic) bond motifs is 1. The van der Waals surface area contributed by atoms with Gasteiger partial charge in [-0.25, -0.2) is 9.97 Å². The molecule has 2 heterocycles. The molecule has 2 aromatic heterocycles. The molecule has 1 saturated carbocycles. The van der Waals surface area contributed by atoms with E-state index in [9.17, 15) is 5.11 Å². The Morgan fingerprint density at radius 2 is 2.00 bits per heavy atom. The Bertz CT molecular complexity index is 590. The number of ether oxygens (including phenoxy) is 1. The smallest absolute Gasteiger partial charge is 0.245 e.